The Morgan fingerprint density at radius 3 is 2.53 bits per heavy atom. The van der Waals surface area contributed by atoms with Crippen molar-refractivity contribution >= 4 is 28.9 Å². The Morgan fingerprint density at radius 2 is 2.00 bits per heavy atom. The van der Waals surface area contributed by atoms with Crippen LogP contribution in [0.25, 0.3) is 0 Å². The van der Waals surface area contributed by atoms with Crippen LogP contribution in [-0.4, -0.2) is 11.1 Å². The fraction of sp³-hybridized carbons (Fsp3) is 0.154. The predicted octanol–water partition coefficient (Wildman–Crippen LogP) is 3.81. The van der Waals surface area contributed by atoms with E-state index in [1.807, 2.05) is 17.5 Å². The van der Waals surface area contributed by atoms with Crippen LogP contribution in [0.1, 0.15) is 16.4 Å². The van der Waals surface area contributed by atoms with Gasteiger partial charge in [0, 0.05) is 9.90 Å². The fourth-order valence-corrected chi connectivity index (χ4v) is 2.55. The number of hydrogen-bond acceptors (Lipinski definition) is 2. The average molecular weight is 267 g/mol. The molecule has 0 aliphatic carbocycles. The first kappa shape index (κ1) is 12.1. The van der Waals surface area contributed by atoms with Crippen LogP contribution in [0.3, 0.4) is 0 Å². The van der Waals surface area contributed by atoms with E-state index in [4.69, 9.17) is 11.6 Å². The second-order valence-corrected chi connectivity index (χ2v) is 5.19. The van der Waals surface area contributed by atoms with Crippen LogP contribution in [-0.2, 0) is 11.2 Å². The summed E-state index contributed by atoms with van der Waals surface area (Å²) in [5, 5.41) is 11.8. The number of halogens is 1. The first-order valence-corrected chi connectivity index (χ1v) is 6.43. The minimum Gasteiger partial charge on any atom is -0.481 e. The summed E-state index contributed by atoms with van der Waals surface area (Å²) in [7, 11) is 0. The molecule has 1 atom stereocenters. The Labute approximate surface area is 108 Å². The molecule has 0 spiro atoms. The highest BCUT2D eigenvalue weighted by Crippen LogP contribution is 2.24. The van der Waals surface area contributed by atoms with Gasteiger partial charge in [-0.3, -0.25) is 4.79 Å². The first-order valence-electron chi connectivity index (χ1n) is 5.17. The zero-order valence-corrected chi connectivity index (χ0v) is 10.5. The Kier molecular flexibility index (Phi) is 3.82. The molecule has 0 radical (unpaired) electrons. The van der Waals surface area contributed by atoms with E-state index in [1.165, 1.54) is 0 Å². The van der Waals surface area contributed by atoms with E-state index >= 15 is 0 Å². The topological polar surface area (TPSA) is 37.3 Å². The summed E-state index contributed by atoms with van der Waals surface area (Å²) < 4.78 is 0. The van der Waals surface area contributed by atoms with Gasteiger partial charge in [-0.05, 0) is 35.6 Å². The van der Waals surface area contributed by atoms with Crippen molar-refractivity contribution in [3.63, 3.8) is 0 Å². The molecule has 0 amide bonds. The van der Waals surface area contributed by atoms with Crippen LogP contribution in [0.15, 0.2) is 41.8 Å². The van der Waals surface area contributed by atoms with Crippen LogP contribution >= 0.6 is 22.9 Å². The number of carbonyl (C=O) groups is 1. The highest BCUT2D eigenvalue weighted by molar-refractivity contribution is 7.09. The molecule has 4 heteroatoms. The third kappa shape index (κ3) is 3.08. The molecule has 1 unspecified atom stereocenters. The van der Waals surface area contributed by atoms with Crippen molar-refractivity contribution < 1.29 is 9.90 Å². The van der Waals surface area contributed by atoms with E-state index in [0.29, 0.717) is 11.4 Å². The van der Waals surface area contributed by atoms with Gasteiger partial charge >= 0.3 is 5.97 Å². The van der Waals surface area contributed by atoms with Crippen molar-refractivity contribution in [1.29, 1.82) is 0 Å². The number of hydrogen-bond donors (Lipinski definition) is 1. The molecule has 1 N–H and O–H groups in total. The number of carboxylic acid groups (broad SMARTS) is 1. The van der Waals surface area contributed by atoms with Crippen molar-refractivity contribution in [2.24, 2.45) is 0 Å². The van der Waals surface area contributed by atoms with E-state index in [2.05, 4.69) is 0 Å². The van der Waals surface area contributed by atoms with Crippen LogP contribution in [0.4, 0.5) is 0 Å². The number of rotatable bonds is 4. The van der Waals surface area contributed by atoms with E-state index in [0.717, 1.165) is 10.4 Å². The SMILES string of the molecule is O=C(O)C(Cc1cccs1)c1ccc(Cl)cc1. The van der Waals surface area contributed by atoms with Crippen molar-refractivity contribution in [2.45, 2.75) is 12.3 Å². The molecule has 1 heterocycles. The number of benzene rings is 1. The quantitative estimate of drug-likeness (QED) is 0.914. The summed E-state index contributed by atoms with van der Waals surface area (Å²) in [5.74, 6) is -1.31. The summed E-state index contributed by atoms with van der Waals surface area (Å²) in [6, 6.07) is 10.9. The van der Waals surface area contributed by atoms with Crippen molar-refractivity contribution in [3.8, 4) is 0 Å². The van der Waals surface area contributed by atoms with Gasteiger partial charge in [-0.15, -0.1) is 11.3 Å². The molecule has 2 rings (SSSR count). The number of thiophene rings is 1. The molecule has 17 heavy (non-hydrogen) atoms. The molecule has 1 aromatic carbocycles. The molecule has 0 fully saturated rings. The smallest absolute Gasteiger partial charge is 0.311 e. The molecular weight excluding hydrogens is 256 g/mol. The van der Waals surface area contributed by atoms with Crippen LogP contribution in [0, 0.1) is 0 Å². The molecule has 88 valence electrons. The minimum atomic E-state index is -0.805. The van der Waals surface area contributed by atoms with E-state index in [-0.39, 0.29) is 0 Å². The highest BCUT2D eigenvalue weighted by atomic mass is 35.5. The molecule has 1 aromatic heterocycles. The van der Waals surface area contributed by atoms with E-state index in [1.54, 1.807) is 35.6 Å². The summed E-state index contributed by atoms with van der Waals surface area (Å²) >= 11 is 7.37. The molecule has 0 aliphatic rings. The molecule has 0 saturated heterocycles. The average Bonchev–Trinajstić information content (AvgIpc) is 2.80. The van der Waals surface area contributed by atoms with Gasteiger partial charge in [0.05, 0.1) is 5.92 Å². The lowest BCUT2D eigenvalue weighted by Gasteiger charge is -2.11. The largest absolute Gasteiger partial charge is 0.481 e. The second-order valence-electron chi connectivity index (χ2n) is 3.73. The standard InChI is InChI=1S/C13H11ClO2S/c14-10-5-3-9(4-6-10)12(13(15)16)8-11-2-1-7-17-11/h1-7,12H,8H2,(H,15,16). The van der Waals surface area contributed by atoms with Gasteiger partial charge in [-0.25, -0.2) is 0 Å². The van der Waals surface area contributed by atoms with E-state index < -0.39 is 11.9 Å². The molecule has 0 saturated carbocycles. The zero-order chi connectivity index (χ0) is 12.3. The molecule has 2 aromatic rings. The lowest BCUT2D eigenvalue weighted by atomic mass is 9.95. The summed E-state index contributed by atoms with van der Waals surface area (Å²) in [5.41, 5.74) is 0.787. The number of aliphatic carboxylic acids is 1. The first-order chi connectivity index (χ1) is 8.16. The maximum Gasteiger partial charge on any atom is 0.311 e. The van der Waals surface area contributed by atoms with E-state index in [9.17, 15) is 9.90 Å². The lowest BCUT2D eigenvalue weighted by Crippen LogP contribution is -2.13. The van der Waals surface area contributed by atoms with Crippen molar-refractivity contribution in [3.05, 3.63) is 57.2 Å². The zero-order valence-electron chi connectivity index (χ0n) is 8.97. The van der Waals surface area contributed by atoms with Gasteiger partial charge in [0.1, 0.15) is 0 Å². The molecule has 2 nitrogen and oxygen atoms in total. The van der Waals surface area contributed by atoms with Gasteiger partial charge in [0.15, 0.2) is 0 Å². The van der Waals surface area contributed by atoms with Gasteiger partial charge in [0.2, 0.25) is 0 Å². The Morgan fingerprint density at radius 1 is 1.29 bits per heavy atom. The van der Waals surface area contributed by atoms with Gasteiger partial charge in [0.25, 0.3) is 0 Å². The Balaban J connectivity index is 2.23. The number of carboxylic acids is 1. The fourth-order valence-electron chi connectivity index (χ4n) is 1.67. The molecular formula is C13H11ClO2S. The second kappa shape index (κ2) is 5.34. The van der Waals surface area contributed by atoms with Crippen molar-refractivity contribution in [1.82, 2.24) is 0 Å². The van der Waals surface area contributed by atoms with Gasteiger partial charge in [-0.1, -0.05) is 29.8 Å². The molecule has 0 bridgehead atoms. The normalized spacial score (nSPS) is 12.3. The van der Waals surface area contributed by atoms with Gasteiger partial charge in [-0.2, -0.15) is 0 Å². The van der Waals surface area contributed by atoms with Crippen LogP contribution < -0.4 is 0 Å². The van der Waals surface area contributed by atoms with Crippen LogP contribution in [0.5, 0.6) is 0 Å². The molecule has 0 aliphatic heterocycles. The Bertz CT molecular complexity index is 491. The maximum atomic E-state index is 11.3. The summed E-state index contributed by atoms with van der Waals surface area (Å²) in [6.45, 7) is 0. The van der Waals surface area contributed by atoms with Gasteiger partial charge < -0.3 is 5.11 Å². The monoisotopic (exact) mass is 266 g/mol. The predicted molar refractivity (Wildman–Crippen MR) is 69.9 cm³/mol. The summed E-state index contributed by atoms with van der Waals surface area (Å²) in [6.07, 6.45) is 0.522. The third-order valence-corrected chi connectivity index (χ3v) is 3.71. The Hall–Kier alpha value is -1.32. The minimum absolute atomic E-state index is 0.508. The maximum absolute atomic E-state index is 11.3. The lowest BCUT2D eigenvalue weighted by molar-refractivity contribution is -0.138. The van der Waals surface area contributed by atoms with Crippen LogP contribution in [0.2, 0.25) is 5.02 Å². The summed E-state index contributed by atoms with van der Waals surface area (Å²) in [4.78, 5) is 12.4. The van der Waals surface area contributed by atoms with Crippen molar-refractivity contribution in [2.75, 3.05) is 0 Å². The third-order valence-electron chi connectivity index (χ3n) is 2.56. The highest BCUT2D eigenvalue weighted by Gasteiger charge is 2.20.